The normalized spacial score (nSPS) is 19.9. The summed E-state index contributed by atoms with van der Waals surface area (Å²) in [6, 6.07) is 7.72. The summed E-state index contributed by atoms with van der Waals surface area (Å²) in [7, 11) is 0. The van der Waals surface area contributed by atoms with Crippen molar-refractivity contribution in [3.05, 3.63) is 36.0 Å². The van der Waals surface area contributed by atoms with Crippen molar-refractivity contribution in [3.63, 3.8) is 0 Å². The van der Waals surface area contributed by atoms with Crippen LogP contribution < -0.4 is 15.0 Å². The Labute approximate surface area is 211 Å². The zero-order valence-electron chi connectivity index (χ0n) is 20.6. The molecule has 0 bridgehead atoms. The first-order valence-corrected chi connectivity index (χ1v) is 11.7. The lowest BCUT2D eigenvalue weighted by molar-refractivity contribution is -0.153. The number of ether oxygens (including phenoxy) is 2. The Kier molecular flexibility index (Phi) is 6.75. The van der Waals surface area contributed by atoms with Gasteiger partial charge < -0.3 is 14.8 Å². The molecule has 1 saturated heterocycles. The minimum absolute atomic E-state index is 0.0630. The van der Waals surface area contributed by atoms with Crippen LogP contribution in [0.2, 0.25) is 0 Å². The van der Waals surface area contributed by atoms with Crippen LogP contribution in [0.5, 0.6) is 5.75 Å². The van der Waals surface area contributed by atoms with Gasteiger partial charge in [0.1, 0.15) is 28.1 Å². The highest BCUT2D eigenvalue weighted by atomic mass is 19.4. The van der Waals surface area contributed by atoms with Crippen LogP contribution in [0.15, 0.2) is 30.5 Å². The van der Waals surface area contributed by atoms with Crippen molar-refractivity contribution >= 4 is 29.3 Å². The Morgan fingerprint density at radius 1 is 1.27 bits per heavy atom. The maximum Gasteiger partial charge on any atom is 0.422 e. The van der Waals surface area contributed by atoms with Crippen molar-refractivity contribution in [1.82, 2.24) is 9.97 Å². The molecule has 196 valence electrons. The fourth-order valence-electron chi connectivity index (χ4n) is 4.18. The molecular formula is C25H26F3N5O4. The van der Waals surface area contributed by atoms with Crippen molar-refractivity contribution in [2.24, 2.45) is 11.3 Å². The number of hydrogen-bond acceptors (Lipinski definition) is 8. The summed E-state index contributed by atoms with van der Waals surface area (Å²) < 4.78 is 48.7. The predicted octanol–water partition coefficient (Wildman–Crippen LogP) is 4.77. The molecule has 1 saturated carbocycles. The number of aromatic nitrogens is 2. The highest BCUT2D eigenvalue weighted by molar-refractivity contribution is 6.01. The molecule has 12 heteroatoms. The number of anilines is 3. The molecule has 0 unspecified atom stereocenters. The van der Waals surface area contributed by atoms with Crippen molar-refractivity contribution in [2.75, 3.05) is 23.4 Å². The number of nitriles is 1. The van der Waals surface area contributed by atoms with Gasteiger partial charge in [0.2, 0.25) is 11.9 Å². The van der Waals surface area contributed by atoms with E-state index in [1.165, 1.54) is 29.3 Å². The first kappa shape index (κ1) is 26.2. The van der Waals surface area contributed by atoms with Crippen LogP contribution in [0.1, 0.15) is 50.4 Å². The highest BCUT2D eigenvalue weighted by Gasteiger charge is 2.57. The summed E-state index contributed by atoms with van der Waals surface area (Å²) in [5.74, 6) is -1.01. The van der Waals surface area contributed by atoms with Gasteiger partial charge in [-0.3, -0.25) is 9.69 Å². The zero-order valence-corrected chi connectivity index (χ0v) is 20.6. The molecule has 9 nitrogen and oxygen atoms in total. The molecule has 37 heavy (non-hydrogen) atoms. The van der Waals surface area contributed by atoms with Gasteiger partial charge in [0.05, 0.1) is 6.07 Å². The third-order valence-corrected chi connectivity index (χ3v) is 6.00. The number of benzene rings is 1. The minimum Gasteiger partial charge on any atom is -0.483 e. The molecule has 2 heterocycles. The van der Waals surface area contributed by atoms with E-state index in [0.717, 1.165) is 12.8 Å². The molecule has 1 amide bonds. The lowest BCUT2D eigenvalue weighted by Gasteiger charge is -2.21. The van der Waals surface area contributed by atoms with Gasteiger partial charge in [-0.05, 0) is 64.2 Å². The number of carbonyl (C=O) groups is 2. The molecule has 0 radical (unpaired) electrons. The standard InChI is InChI=1S/C25H26F3N5O4/c1-23(2,3)37-20(34)17-7-6-16(12-18(17)36-14-25(26,27)28)31-22-30-10-8-19(32-22)33-11-9-24(13-29,21(33)35)15-4-5-15/h6-8,10,12,15H,4-5,9,11,14H2,1-3H3,(H,30,31,32)/t24-/m1/s1. The molecule has 1 N–H and O–H groups in total. The van der Waals surface area contributed by atoms with Crippen LogP contribution in [0.4, 0.5) is 30.6 Å². The largest absolute Gasteiger partial charge is 0.483 e. The van der Waals surface area contributed by atoms with Gasteiger partial charge in [-0.1, -0.05) is 0 Å². The third-order valence-electron chi connectivity index (χ3n) is 6.00. The summed E-state index contributed by atoms with van der Waals surface area (Å²) in [6.07, 6.45) is -1.07. The fourth-order valence-corrected chi connectivity index (χ4v) is 4.18. The summed E-state index contributed by atoms with van der Waals surface area (Å²) in [5, 5.41) is 12.6. The smallest absolute Gasteiger partial charge is 0.422 e. The maximum atomic E-state index is 13.1. The van der Waals surface area contributed by atoms with E-state index >= 15 is 0 Å². The fraction of sp³-hybridized carbons (Fsp3) is 0.480. The molecule has 4 rings (SSSR count). The maximum absolute atomic E-state index is 13.1. The lowest BCUT2D eigenvalue weighted by Crippen LogP contribution is -2.35. The van der Waals surface area contributed by atoms with Gasteiger partial charge in [0, 0.05) is 24.5 Å². The molecule has 1 aromatic carbocycles. The molecule has 1 aliphatic heterocycles. The Hall–Kier alpha value is -3.88. The van der Waals surface area contributed by atoms with Crippen LogP contribution in [0.25, 0.3) is 0 Å². The van der Waals surface area contributed by atoms with Crippen LogP contribution >= 0.6 is 0 Å². The van der Waals surface area contributed by atoms with Crippen LogP contribution in [0.3, 0.4) is 0 Å². The zero-order chi connectivity index (χ0) is 27.0. The van der Waals surface area contributed by atoms with E-state index in [0.29, 0.717) is 18.8 Å². The second-order valence-corrected chi connectivity index (χ2v) is 10.0. The van der Waals surface area contributed by atoms with Crippen molar-refractivity contribution in [2.45, 2.75) is 51.8 Å². The molecule has 1 aromatic heterocycles. The number of nitrogens with one attached hydrogen (secondary N) is 1. The Bertz CT molecular complexity index is 1250. The van der Waals surface area contributed by atoms with Gasteiger partial charge in [0.25, 0.3) is 0 Å². The summed E-state index contributed by atoms with van der Waals surface area (Å²) in [5.41, 5.74) is -1.81. The van der Waals surface area contributed by atoms with E-state index in [4.69, 9.17) is 9.47 Å². The van der Waals surface area contributed by atoms with E-state index in [9.17, 15) is 28.0 Å². The van der Waals surface area contributed by atoms with E-state index in [1.54, 1.807) is 26.8 Å². The monoisotopic (exact) mass is 517 g/mol. The van der Waals surface area contributed by atoms with Crippen LogP contribution in [-0.4, -0.2) is 46.8 Å². The van der Waals surface area contributed by atoms with Crippen molar-refractivity contribution in [1.29, 1.82) is 5.26 Å². The van der Waals surface area contributed by atoms with Crippen LogP contribution in [0, 0.1) is 22.7 Å². The first-order valence-electron chi connectivity index (χ1n) is 11.7. The summed E-state index contributed by atoms with van der Waals surface area (Å²) in [6.45, 7) is 3.66. The summed E-state index contributed by atoms with van der Waals surface area (Å²) >= 11 is 0. The quantitative estimate of drug-likeness (QED) is 0.522. The Morgan fingerprint density at radius 3 is 2.62 bits per heavy atom. The Morgan fingerprint density at radius 2 is 2.00 bits per heavy atom. The Balaban J connectivity index is 1.56. The van der Waals surface area contributed by atoms with E-state index in [-0.39, 0.29) is 34.8 Å². The number of hydrogen-bond donors (Lipinski definition) is 1. The van der Waals surface area contributed by atoms with Crippen molar-refractivity contribution in [3.8, 4) is 11.8 Å². The number of alkyl halides is 3. The lowest BCUT2D eigenvalue weighted by atomic mass is 9.83. The summed E-state index contributed by atoms with van der Waals surface area (Å²) in [4.78, 5) is 35.6. The number of carbonyl (C=O) groups excluding carboxylic acids is 2. The van der Waals surface area contributed by atoms with Gasteiger partial charge in [-0.15, -0.1) is 0 Å². The van der Waals surface area contributed by atoms with Gasteiger partial charge >= 0.3 is 12.1 Å². The molecule has 2 fully saturated rings. The highest BCUT2D eigenvalue weighted by Crippen LogP contribution is 2.51. The van der Waals surface area contributed by atoms with E-state index in [2.05, 4.69) is 21.4 Å². The second kappa shape index (κ2) is 9.53. The van der Waals surface area contributed by atoms with Gasteiger partial charge in [-0.25, -0.2) is 9.78 Å². The predicted molar refractivity (Wildman–Crippen MR) is 126 cm³/mol. The number of amides is 1. The molecule has 2 aromatic rings. The number of rotatable bonds is 7. The first-order chi connectivity index (χ1) is 17.3. The molecule has 1 atom stereocenters. The number of halogens is 3. The number of nitrogens with zero attached hydrogens (tertiary/aromatic N) is 4. The average molecular weight is 518 g/mol. The third kappa shape index (κ3) is 5.93. The molecule has 1 aliphatic carbocycles. The SMILES string of the molecule is CC(C)(C)OC(=O)c1ccc(Nc2nccc(N3CC[C@@](C#N)(C4CC4)C3=O)n2)cc1OCC(F)(F)F. The van der Waals surface area contributed by atoms with E-state index in [1.807, 2.05) is 0 Å². The van der Waals surface area contributed by atoms with Gasteiger partial charge in [0.15, 0.2) is 6.61 Å². The van der Waals surface area contributed by atoms with Gasteiger partial charge in [-0.2, -0.15) is 23.4 Å². The molecule has 0 spiro atoms. The average Bonchev–Trinajstić information content (AvgIpc) is 3.60. The van der Waals surface area contributed by atoms with Crippen molar-refractivity contribution < 1.29 is 32.2 Å². The minimum atomic E-state index is -4.62. The van der Waals surface area contributed by atoms with Crippen LogP contribution in [-0.2, 0) is 9.53 Å². The molecule has 2 aliphatic rings. The second-order valence-electron chi connectivity index (χ2n) is 10.0. The van der Waals surface area contributed by atoms with E-state index < -0.39 is 29.8 Å². The number of esters is 1. The topological polar surface area (TPSA) is 117 Å². The molecular weight excluding hydrogens is 491 g/mol.